The number of amides is 1. The Hall–Kier alpha value is -2.92. The van der Waals surface area contributed by atoms with Crippen LogP contribution in [0.15, 0.2) is 59.5 Å². The average molecular weight is 397 g/mol. The number of pyridine rings is 1. The highest BCUT2D eigenvalue weighted by Gasteiger charge is 2.28. The van der Waals surface area contributed by atoms with E-state index in [4.69, 9.17) is 11.6 Å². The summed E-state index contributed by atoms with van der Waals surface area (Å²) in [7, 11) is 0. The Morgan fingerprint density at radius 3 is 2.32 bits per heavy atom. The lowest BCUT2D eigenvalue weighted by Gasteiger charge is -2.26. The molecule has 0 aliphatic rings. The Labute approximate surface area is 167 Å². The summed E-state index contributed by atoms with van der Waals surface area (Å²) in [5, 5.41) is 0.938. The molecule has 6 heteroatoms. The Kier molecular flexibility index (Phi) is 5.38. The van der Waals surface area contributed by atoms with E-state index in [0.717, 1.165) is 0 Å². The monoisotopic (exact) mass is 396 g/mol. The number of rotatable bonds is 4. The molecule has 0 saturated carbocycles. The third-order valence-corrected chi connectivity index (χ3v) is 4.79. The van der Waals surface area contributed by atoms with Gasteiger partial charge in [0.15, 0.2) is 5.78 Å². The Morgan fingerprint density at radius 1 is 1.04 bits per heavy atom. The van der Waals surface area contributed by atoms with Gasteiger partial charge in [0.2, 0.25) is 5.43 Å². The van der Waals surface area contributed by atoms with Crippen molar-refractivity contribution in [1.82, 2.24) is 4.98 Å². The van der Waals surface area contributed by atoms with Crippen LogP contribution in [0.4, 0.5) is 5.69 Å². The SMILES string of the molecule is CC(C)(C)C(=O)CN(C(=O)c1c[nH]c2ccccc2c1=O)c1ccc(Cl)cc1. The van der Waals surface area contributed by atoms with Crippen molar-refractivity contribution in [3.05, 3.63) is 75.5 Å². The number of nitrogens with one attached hydrogen (secondary N) is 1. The number of carbonyl (C=O) groups is 2. The summed E-state index contributed by atoms with van der Waals surface area (Å²) in [5.74, 6) is -0.653. The van der Waals surface area contributed by atoms with Gasteiger partial charge in [-0.05, 0) is 36.4 Å². The summed E-state index contributed by atoms with van der Waals surface area (Å²) in [6, 6.07) is 13.6. The minimum absolute atomic E-state index is 0.0182. The summed E-state index contributed by atoms with van der Waals surface area (Å²) in [6.45, 7) is 5.24. The van der Waals surface area contributed by atoms with E-state index in [1.165, 1.54) is 11.1 Å². The molecule has 144 valence electrons. The number of H-pyrrole nitrogens is 1. The molecule has 0 unspecified atom stereocenters. The molecule has 1 aromatic heterocycles. The molecule has 28 heavy (non-hydrogen) atoms. The predicted octanol–water partition coefficient (Wildman–Crippen LogP) is 4.44. The maximum atomic E-state index is 13.3. The minimum atomic E-state index is -0.624. The van der Waals surface area contributed by atoms with Crippen molar-refractivity contribution >= 4 is 39.9 Å². The fourth-order valence-corrected chi connectivity index (χ4v) is 2.88. The van der Waals surface area contributed by atoms with E-state index >= 15 is 0 Å². The van der Waals surface area contributed by atoms with Gasteiger partial charge in [0.1, 0.15) is 5.56 Å². The number of Topliss-reactive ketones (excluding diaryl/α,β-unsaturated/α-hetero) is 1. The second kappa shape index (κ2) is 7.60. The van der Waals surface area contributed by atoms with Crippen molar-refractivity contribution in [2.45, 2.75) is 20.8 Å². The van der Waals surface area contributed by atoms with Crippen LogP contribution in [0.2, 0.25) is 5.02 Å². The Morgan fingerprint density at radius 2 is 1.68 bits per heavy atom. The molecular weight excluding hydrogens is 376 g/mol. The van der Waals surface area contributed by atoms with Gasteiger partial charge in [-0.2, -0.15) is 0 Å². The van der Waals surface area contributed by atoms with E-state index in [1.807, 2.05) is 6.07 Å². The molecule has 0 radical (unpaired) electrons. The predicted molar refractivity (Wildman–Crippen MR) is 112 cm³/mol. The second-order valence-corrected chi connectivity index (χ2v) is 8.05. The summed E-state index contributed by atoms with van der Waals surface area (Å²) >= 11 is 5.96. The normalized spacial score (nSPS) is 11.4. The highest BCUT2D eigenvalue weighted by atomic mass is 35.5. The van der Waals surface area contributed by atoms with Gasteiger partial charge in [0.05, 0.1) is 6.54 Å². The highest BCUT2D eigenvalue weighted by Crippen LogP contribution is 2.23. The number of hydrogen-bond acceptors (Lipinski definition) is 3. The molecule has 0 aliphatic carbocycles. The molecule has 3 aromatic rings. The Balaban J connectivity index is 2.08. The average Bonchev–Trinajstić information content (AvgIpc) is 2.66. The fourth-order valence-electron chi connectivity index (χ4n) is 2.75. The molecule has 1 heterocycles. The number of aromatic amines is 1. The lowest BCUT2D eigenvalue weighted by molar-refractivity contribution is -0.124. The number of fused-ring (bicyclic) bond motifs is 1. The molecule has 0 atom stereocenters. The number of nitrogens with zero attached hydrogens (tertiary/aromatic N) is 1. The van der Waals surface area contributed by atoms with Gasteiger partial charge in [-0.25, -0.2) is 0 Å². The first-order valence-electron chi connectivity index (χ1n) is 8.89. The largest absolute Gasteiger partial charge is 0.360 e. The van der Waals surface area contributed by atoms with Crippen molar-refractivity contribution in [2.75, 3.05) is 11.4 Å². The molecule has 0 bridgehead atoms. The van der Waals surface area contributed by atoms with Gasteiger partial charge < -0.3 is 9.88 Å². The third-order valence-electron chi connectivity index (χ3n) is 4.54. The maximum absolute atomic E-state index is 13.3. The molecule has 2 aromatic carbocycles. The molecule has 3 rings (SSSR count). The van der Waals surface area contributed by atoms with Crippen LogP contribution in [0.5, 0.6) is 0 Å². The van der Waals surface area contributed by atoms with Crippen LogP contribution in [0, 0.1) is 5.41 Å². The van der Waals surface area contributed by atoms with Gasteiger partial charge in [-0.1, -0.05) is 44.5 Å². The van der Waals surface area contributed by atoms with Crippen molar-refractivity contribution < 1.29 is 9.59 Å². The number of benzene rings is 2. The smallest absolute Gasteiger partial charge is 0.264 e. The number of para-hydroxylation sites is 1. The zero-order chi connectivity index (χ0) is 20.5. The van der Waals surface area contributed by atoms with E-state index in [1.54, 1.807) is 63.2 Å². The molecule has 1 amide bonds. The summed E-state index contributed by atoms with van der Waals surface area (Å²) in [6.07, 6.45) is 1.40. The molecule has 0 fully saturated rings. The molecule has 0 saturated heterocycles. The zero-order valence-corrected chi connectivity index (χ0v) is 16.7. The quantitative estimate of drug-likeness (QED) is 0.708. The van der Waals surface area contributed by atoms with Crippen molar-refractivity contribution in [3.63, 3.8) is 0 Å². The van der Waals surface area contributed by atoms with Crippen LogP contribution < -0.4 is 10.3 Å². The van der Waals surface area contributed by atoms with Gasteiger partial charge in [-0.3, -0.25) is 14.4 Å². The maximum Gasteiger partial charge on any atom is 0.264 e. The van der Waals surface area contributed by atoms with E-state index in [2.05, 4.69) is 4.98 Å². The first-order valence-corrected chi connectivity index (χ1v) is 9.27. The van der Waals surface area contributed by atoms with Crippen LogP contribution >= 0.6 is 11.6 Å². The standard InChI is InChI=1S/C22H21ClN2O3/c1-22(2,3)19(26)13-25(15-10-8-14(23)9-11-15)21(28)17-12-24-18-7-5-4-6-16(18)20(17)27/h4-12H,13H2,1-3H3,(H,24,27). The van der Waals surface area contributed by atoms with Gasteiger partial charge in [-0.15, -0.1) is 0 Å². The van der Waals surface area contributed by atoms with Crippen molar-refractivity contribution in [1.29, 1.82) is 0 Å². The second-order valence-electron chi connectivity index (χ2n) is 7.62. The van der Waals surface area contributed by atoms with Crippen molar-refractivity contribution in [3.8, 4) is 0 Å². The number of carbonyl (C=O) groups excluding carboxylic acids is 2. The fraction of sp³-hybridized carbons (Fsp3) is 0.227. The number of halogens is 1. The van der Waals surface area contributed by atoms with E-state index in [9.17, 15) is 14.4 Å². The Bertz CT molecular complexity index is 1100. The van der Waals surface area contributed by atoms with E-state index < -0.39 is 11.3 Å². The number of aromatic nitrogens is 1. The van der Waals surface area contributed by atoms with Crippen molar-refractivity contribution in [2.24, 2.45) is 5.41 Å². The molecule has 1 N–H and O–H groups in total. The topological polar surface area (TPSA) is 70.2 Å². The molecule has 0 aliphatic heterocycles. The van der Waals surface area contributed by atoms with Gasteiger partial charge >= 0.3 is 0 Å². The first-order chi connectivity index (χ1) is 13.2. The lowest BCUT2D eigenvalue weighted by atomic mass is 9.90. The molecule has 0 spiro atoms. The van der Waals surface area contributed by atoms with Gasteiger partial charge in [0.25, 0.3) is 5.91 Å². The number of anilines is 1. The molecular formula is C22H21ClN2O3. The first kappa shape index (κ1) is 19.8. The van der Waals surface area contributed by atoms with Crippen LogP contribution in [0.1, 0.15) is 31.1 Å². The summed E-state index contributed by atoms with van der Waals surface area (Å²) < 4.78 is 0. The van der Waals surface area contributed by atoms with E-state index in [-0.39, 0.29) is 23.3 Å². The number of hydrogen-bond donors (Lipinski definition) is 1. The zero-order valence-electron chi connectivity index (χ0n) is 16.0. The van der Waals surface area contributed by atoms with Crippen LogP contribution in [0.25, 0.3) is 10.9 Å². The highest BCUT2D eigenvalue weighted by molar-refractivity contribution is 6.30. The van der Waals surface area contributed by atoms with Crippen LogP contribution in [0.3, 0.4) is 0 Å². The molecule has 5 nitrogen and oxygen atoms in total. The van der Waals surface area contributed by atoms with Crippen LogP contribution in [-0.2, 0) is 4.79 Å². The summed E-state index contributed by atoms with van der Waals surface area (Å²) in [4.78, 5) is 43.1. The minimum Gasteiger partial charge on any atom is -0.360 e. The third kappa shape index (κ3) is 3.99. The lowest BCUT2D eigenvalue weighted by Crippen LogP contribution is -2.41. The number of ketones is 1. The van der Waals surface area contributed by atoms with E-state index in [0.29, 0.717) is 21.6 Å². The van der Waals surface area contributed by atoms with Gasteiger partial charge in [0, 0.05) is 33.2 Å². The van der Waals surface area contributed by atoms with Crippen LogP contribution in [-0.4, -0.2) is 23.2 Å². The summed E-state index contributed by atoms with van der Waals surface area (Å²) in [5.41, 5.74) is 0.130.